The molecule has 3 nitrogen and oxygen atoms in total. The molecular weight excluding hydrogens is 328 g/mol. The molecule has 3 rings (SSSR count). The monoisotopic (exact) mass is 338 g/mol. The van der Waals surface area contributed by atoms with Crippen molar-refractivity contribution in [1.29, 1.82) is 0 Å². The van der Waals surface area contributed by atoms with Crippen LogP contribution in [-0.2, 0) is 0 Å². The van der Waals surface area contributed by atoms with Crippen LogP contribution in [0.15, 0.2) is 41.1 Å². The van der Waals surface area contributed by atoms with Crippen molar-refractivity contribution < 1.29 is 4.74 Å². The molecule has 2 aromatic rings. The van der Waals surface area contributed by atoms with Crippen molar-refractivity contribution in [1.82, 2.24) is 4.98 Å². The van der Waals surface area contributed by atoms with Crippen molar-refractivity contribution >= 4 is 33.2 Å². The predicted molar refractivity (Wildman–Crippen MR) is 79.9 cm³/mol. The first-order valence-corrected chi connectivity index (χ1v) is 7.19. The van der Waals surface area contributed by atoms with Gasteiger partial charge in [0.15, 0.2) is 0 Å². The lowest BCUT2D eigenvalue weighted by molar-refractivity contribution is 0.274. The summed E-state index contributed by atoms with van der Waals surface area (Å²) in [7, 11) is 0. The lowest BCUT2D eigenvalue weighted by Gasteiger charge is -2.27. The van der Waals surface area contributed by atoms with Crippen LogP contribution in [0.1, 0.15) is 18.0 Å². The quantitative estimate of drug-likeness (QED) is 0.878. The summed E-state index contributed by atoms with van der Waals surface area (Å²) in [6.07, 6.45) is 4.33. The second-order valence-electron chi connectivity index (χ2n) is 4.37. The lowest BCUT2D eigenvalue weighted by Crippen LogP contribution is -2.20. The summed E-state index contributed by atoms with van der Waals surface area (Å²) in [5.74, 6) is 0.923. The van der Waals surface area contributed by atoms with Gasteiger partial charge in [0.1, 0.15) is 5.75 Å². The number of nitrogens with zero attached hydrogens (tertiary/aromatic N) is 1. The lowest BCUT2D eigenvalue weighted by atomic mass is 10.0. The van der Waals surface area contributed by atoms with Crippen molar-refractivity contribution in [2.24, 2.45) is 0 Å². The summed E-state index contributed by atoms with van der Waals surface area (Å²) in [5, 5.41) is 4.12. The van der Waals surface area contributed by atoms with Gasteiger partial charge in [0.2, 0.25) is 0 Å². The zero-order chi connectivity index (χ0) is 13.2. The molecule has 98 valence electrons. The number of pyridine rings is 1. The average Bonchev–Trinajstić information content (AvgIpc) is 2.42. The van der Waals surface area contributed by atoms with Crippen LogP contribution in [0.5, 0.6) is 5.75 Å². The molecule has 1 unspecified atom stereocenters. The number of nitrogens with one attached hydrogen (secondary N) is 1. The average molecular weight is 340 g/mol. The van der Waals surface area contributed by atoms with Crippen molar-refractivity contribution in [2.45, 2.75) is 12.5 Å². The van der Waals surface area contributed by atoms with Gasteiger partial charge >= 0.3 is 0 Å². The van der Waals surface area contributed by atoms with Gasteiger partial charge < -0.3 is 10.1 Å². The summed E-state index contributed by atoms with van der Waals surface area (Å²) in [5.41, 5.74) is 1.99. The number of anilines is 1. The molecule has 1 atom stereocenters. The van der Waals surface area contributed by atoms with E-state index in [1.165, 1.54) is 0 Å². The van der Waals surface area contributed by atoms with Gasteiger partial charge in [0.05, 0.1) is 29.6 Å². The summed E-state index contributed by atoms with van der Waals surface area (Å²) in [6, 6.07) is 8.01. The van der Waals surface area contributed by atoms with Gasteiger partial charge in [0, 0.05) is 22.7 Å². The Morgan fingerprint density at radius 3 is 3.11 bits per heavy atom. The summed E-state index contributed by atoms with van der Waals surface area (Å²) in [6.45, 7) is 0.699. The van der Waals surface area contributed by atoms with E-state index in [4.69, 9.17) is 16.3 Å². The number of halogens is 2. The maximum absolute atomic E-state index is 6.16. The Morgan fingerprint density at radius 2 is 2.26 bits per heavy atom. The highest BCUT2D eigenvalue weighted by molar-refractivity contribution is 9.10. The van der Waals surface area contributed by atoms with Gasteiger partial charge in [-0.1, -0.05) is 27.5 Å². The second-order valence-corrected chi connectivity index (χ2v) is 5.69. The Kier molecular flexibility index (Phi) is 3.62. The van der Waals surface area contributed by atoms with Crippen LogP contribution in [0.4, 0.5) is 5.69 Å². The fraction of sp³-hybridized carbons (Fsp3) is 0.214. The SMILES string of the molecule is Clc1ccncc1NC1CCOc2ccc(Br)cc21. The molecule has 0 saturated heterocycles. The van der Waals surface area contributed by atoms with Gasteiger partial charge in [-0.3, -0.25) is 4.98 Å². The molecule has 0 fully saturated rings. The van der Waals surface area contributed by atoms with Crippen molar-refractivity contribution in [3.8, 4) is 5.75 Å². The highest BCUT2D eigenvalue weighted by Gasteiger charge is 2.22. The number of rotatable bonds is 2. The Hall–Kier alpha value is -1.26. The van der Waals surface area contributed by atoms with E-state index in [0.29, 0.717) is 11.6 Å². The van der Waals surface area contributed by atoms with E-state index in [9.17, 15) is 0 Å². The third-order valence-electron chi connectivity index (χ3n) is 3.11. The molecule has 5 heteroatoms. The minimum atomic E-state index is 0.183. The standard InChI is InChI=1S/C14H12BrClN2O/c15-9-1-2-14-10(7-9)12(4-6-19-14)18-13-8-17-5-3-11(13)16/h1-3,5,7-8,12,18H,4,6H2. The summed E-state index contributed by atoms with van der Waals surface area (Å²) >= 11 is 9.65. The van der Waals surface area contributed by atoms with Gasteiger partial charge in [0.25, 0.3) is 0 Å². The van der Waals surface area contributed by atoms with Gasteiger partial charge in [-0.05, 0) is 24.3 Å². The number of ether oxygens (including phenoxy) is 1. The van der Waals surface area contributed by atoms with Crippen LogP contribution < -0.4 is 10.1 Å². The molecule has 0 radical (unpaired) electrons. The number of benzene rings is 1. The minimum Gasteiger partial charge on any atom is -0.493 e. The molecule has 0 amide bonds. The highest BCUT2D eigenvalue weighted by Crippen LogP contribution is 2.37. The van der Waals surface area contributed by atoms with Crippen LogP contribution in [-0.4, -0.2) is 11.6 Å². The van der Waals surface area contributed by atoms with E-state index in [-0.39, 0.29) is 6.04 Å². The summed E-state index contributed by atoms with van der Waals surface area (Å²) in [4.78, 5) is 4.10. The second kappa shape index (κ2) is 5.39. The van der Waals surface area contributed by atoms with E-state index in [0.717, 1.165) is 27.9 Å². The van der Waals surface area contributed by atoms with Gasteiger partial charge in [-0.15, -0.1) is 0 Å². The van der Waals surface area contributed by atoms with Crippen molar-refractivity contribution in [2.75, 3.05) is 11.9 Å². The molecule has 0 aliphatic carbocycles. The van der Waals surface area contributed by atoms with Gasteiger partial charge in [-0.25, -0.2) is 0 Å². The Bertz CT molecular complexity index is 606. The Labute approximate surface area is 125 Å². The molecule has 1 aliphatic heterocycles. The molecule has 1 aliphatic rings. The maximum atomic E-state index is 6.16. The smallest absolute Gasteiger partial charge is 0.124 e. The van der Waals surface area contributed by atoms with E-state index >= 15 is 0 Å². The molecule has 1 N–H and O–H groups in total. The molecule has 1 aromatic carbocycles. The zero-order valence-corrected chi connectivity index (χ0v) is 12.4. The number of hydrogen-bond acceptors (Lipinski definition) is 3. The molecule has 0 saturated carbocycles. The Morgan fingerprint density at radius 1 is 1.37 bits per heavy atom. The largest absolute Gasteiger partial charge is 0.493 e. The maximum Gasteiger partial charge on any atom is 0.124 e. The molecule has 1 aromatic heterocycles. The molecule has 19 heavy (non-hydrogen) atoms. The van der Waals surface area contributed by atoms with Gasteiger partial charge in [-0.2, -0.15) is 0 Å². The van der Waals surface area contributed by atoms with E-state index in [1.54, 1.807) is 18.5 Å². The third-order valence-corrected chi connectivity index (χ3v) is 3.93. The fourth-order valence-electron chi connectivity index (χ4n) is 2.19. The topological polar surface area (TPSA) is 34.2 Å². The zero-order valence-electron chi connectivity index (χ0n) is 10.1. The molecule has 0 spiro atoms. The molecule has 2 heterocycles. The van der Waals surface area contributed by atoms with Crippen molar-refractivity contribution in [3.63, 3.8) is 0 Å². The normalized spacial score (nSPS) is 17.5. The van der Waals surface area contributed by atoms with E-state index in [1.807, 2.05) is 12.1 Å². The number of fused-ring (bicyclic) bond motifs is 1. The number of hydrogen-bond donors (Lipinski definition) is 1. The van der Waals surface area contributed by atoms with E-state index in [2.05, 4.69) is 32.3 Å². The first-order valence-electron chi connectivity index (χ1n) is 6.02. The fourth-order valence-corrected chi connectivity index (χ4v) is 2.73. The van der Waals surface area contributed by atoms with Crippen molar-refractivity contribution in [3.05, 3.63) is 51.7 Å². The summed E-state index contributed by atoms with van der Waals surface area (Å²) < 4.78 is 6.71. The predicted octanol–water partition coefficient (Wildman–Crippen LogP) is 4.43. The molecular formula is C14H12BrClN2O. The molecule has 0 bridgehead atoms. The van der Waals surface area contributed by atoms with Crippen LogP contribution in [0.25, 0.3) is 0 Å². The van der Waals surface area contributed by atoms with Crippen LogP contribution in [0.2, 0.25) is 5.02 Å². The van der Waals surface area contributed by atoms with E-state index < -0.39 is 0 Å². The third kappa shape index (κ3) is 2.69. The van der Waals surface area contributed by atoms with Crippen LogP contribution in [0, 0.1) is 0 Å². The Balaban J connectivity index is 1.92. The van der Waals surface area contributed by atoms with Crippen LogP contribution in [0.3, 0.4) is 0 Å². The minimum absolute atomic E-state index is 0.183. The number of aromatic nitrogens is 1. The first kappa shape index (κ1) is 12.8. The highest BCUT2D eigenvalue weighted by atomic mass is 79.9. The van der Waals surface area contributed by atoms with Crippen LogP contribution >= 0.6 is 27.5 Å². The first-order chi connectivity index (χ1) is 9.24.